The molecule has 4 N–H and O–H groups in total. The highest BCUT2D eigenvalue weighted by atomic mass is 16.1. The first kappa shape index (κ1) is 33.0. The van der Waals surface area contributed by atoms with Gasteiger partial charge in [0.15, 0.2) is 0 Å². The summed E-state index contributed by atoms with van der Waals surface area (Å²) in [5, 5.41) is 4.95. The van der Waals surface area contributed by atoms with Crippen LogP contribution >= 0.6 is 0 Å². The Hall–Kier alpha value is -4.51. The molecule has 5 aromatic rings. The van der Waals surface area contributed by atoms with E-state index in [4.69, 9.17) is 10.7 Å². The molecule has 1 aromatic carbocycles. The van der Waals surface area contributed by atoms with Crippen molar-refractivity contribution in [1.29, 1.82) is 0 Å². The number of aromatic nitrogens is 3. The molecule has 1 atom stereocenters. The molecule has 7 rings (SSSR count). The van der Waals surface area contributed by atoms with Crippen LogP contribution in [0.3, 0.4) is 0 Å². The number of pyridine rings is 3. The molecule has 0 aliphatic carbocycles. The Labute approximate surface area is 287 Å². The van der Waals surface area contributed by atoms with Crippen molar-refractivity contribution in [3.05, 3.63) is 99.4 Å². The molecule has 2 saturated heterocycles. The van der Waals surface area contributed by atoms with E-state index in [-0.39, 0.29) is 30.1 Å². The second-order valence-corrected chi connectivity index (χ2v) is 13.7. The van der Waals surface area contributed by atoms with Crippen molar-refractivity contribution in [3.63, 3.8) is 0 Å². The molecule has 4 aromatic heterocycles. The molecular formula is C39H48N8O2. The van der Waals surface area contributed by atoms with E-state index in [1.165, 1.54) is 0 Å². The number of H-pyrrole nitrogens is 1. The number of nitrogens with one attached hydrogen (secondary N) is 2. The third-order valence-electron chi connectivity index (χ3n) is 10.9. The fraction of sp³-hybridized carbons (Fsp3) is 0.410. The Balaban J connectivity index is 1.26. The van der Waals surface area contributed by atoms with E-state index in [0.29, 0.717) is 11.1 Å². The fourth-order valence-electron chi connectivity index (χ4n) is 7.81. The van der Waals surface area contributed by atoms with E-state index in [1.54, 1.807) is 0 Å². The van der Waals surface area contributed by atoms with Crippen LogP contribution in [-0.4, -0.2) is 81.9 Å². The number of rotatable bonds is 8. The van der Waals surface area contributed by atoms with Gasteiger partial charge in [-0.3, -0.25) is 14.5 Å². The second kappa shape index (κ2) is 13.8. The first-order valence-corrected chi connectivity index (χ1v) is 17.7. The van der Waals surface area contributed by atoms with Gasteiger partial charge in [0, 0.05) is 109 Å². The van der Waals surface area contributed by atoms with Gasteiger partial charge in [-0.05, 0) is 75.4 Å². The quantitative estimate of drug-likeness (QED) is 0.214. The zero-order chi connectivity index (χ0) is 34.2. The maximum atomic E-state index is 14.2. The lowest BCUT2D eigenvalue weighted by atomic mass is 9.98. The molecule has 0 spiro atoms. The van der Waals surface area contributed by atoms with E-state index in [1.807, 2.05) is 43.5 Å². The van der Waals surface area contributed by atoms with Gasteiger partial charge in [0.1, 0.15) is 5.82 Å². The normalized spacial score (nSPS) is 17.2. The largest absolute Gasteiger partial charge is 0.357 e. The number of hydrogen-bond donors (Lipinski definition) is 3. The van der Waals surface area contributed by atoms with Gasteiger partial charge < -0.3 is 30.2 Å². The van der Waals surface area contributed by atoms with Crippen molar-refractivity contribution in [2.24, 2.45) is 5.73 Å². The summed E-state index contributed by atoms with van der Waals surface area (Å²) < 4.78 is 2.26. The summed E-state index contributed by atoms with van der Waals surface area (Å²) in [6, 6.07) is 16.5. The number of hydrogen-bond acceptors (Lipinski definition) is 7. The number of nitrogens with zero attached hydrogens (tertiary/aromatic N) is 5. The predicted octanol–water partition coefficient (Wildman–Crippen LogP) is 5.02. The molecule has 0 radical (unpaired) electrons. The van der Waals surface area contributed by atoms with E-state index >= 15 is 0 Å². The van der Waals surface area contributed by atoms with E-state index in [9.17, 15) is 9.59 Å². The number of piperidine rings is 1. The van der Waals surface area contributed by atoms with Crippen molar-refractivity contribution in [2.45, 2.75) is 59.2 Å². The summed E-state index contributed by atoms with van der Waals surface area (Å²) in [6.45, 7) is 15.4. The van der Waals surface area contributed by atoms with Crippen LogP contribution in [0.5, 0.6) is 0 Å². The van der Waals surface area contributed by atoms with Gasteiger partial charge in [0.05, 0.1) is 5.52 Å². The Morgan fingerprint density at radius 2 is 1.76 bits per heavy atom. The molecule has 49 heavy (non-hydrogen) atoms. The molecule has 2 aliphatic rings. The SMILES string of the molecule is CCN1CCN(C(C)c2c(C)c(C(=O)NCc3c(=O)[nH]c(C)c4ccccc34)cc3c(-c4ccc(N5CCC(N)CC5)nc4)ccn23)CC1. The minimum Gasteiger partial charge on any atom is -0.357 e. The van der Waals surface area contributed by atoms with Crippen molar-refractivity contribution in [3.8, 4) is 11.1 Å². The van der Waals surface area contributed by atoms with Gasteiger partial charge >= 0.3 is 0 Å². The van der Waals surface area contributed by atoms with Crippen molar-refractivity contribution >= 4 is 28.0 Å². The molecule has 0 saturated carbocycles. The van der Waals surface area contributed by atoms with Crippen molar-refractivity contribution in [1.82, 2.24) is 29.5 Å². The highest BCUT2D eigenvalue weighted by Crippen LogP contribution is 2.34. The maximum Gasteiger partial charge on any atom is 0.253 e. The van der Waals surface area contributed by atoms with Crippen molar-refractivity contribution in [2.75, 3.05) is 50.7 Å². The average Bonchev–Trinajstić information content (AvgIpc) is 3.55. The Morgan fingerprint density at radius 3 is 2.45 bits per heavy atom. The third kappa shape index (κ3) is 6.36. The first-order chi connectivity index (χ1) is 23.7. The van der Waals surface area contributed by atoms with E-state index < -0.39 is 0 Å². The number of benzene rings is 1. The lowest BCUT2D eigenvalue weighted by Gasteiger charge is -2.38. The predicted molar refractivity (Wildman–Crippen MR) is 197 cm³/mol. The molecule has 10 heteroatoms. The van der Waals surface area contributed by atoms with Crippen LogP contribution < -0.4 is 21.5 Å². The number of nitrogens with two attached hydrogens (primary N) is 1. The number of fused-ring (bicyclic) bond motifs is 2. The number of likely N-dealkylation sites (N-methyl/N-ethyl adjacent to an activating group) is 1. The van der Waals surface area contributed by atoms with Crippen LogP contribution in [0.2, 0.25) is 0 Å². The standard InChI is InChI=1S/C39H48N8O2/c1-5-44-18-20-45(21-19-44)27(4)37-25(2)33(38(48)42-24-34-32-9-7-6-8-30(32)26(3)43-39(34)49)22-35-31(14-17-47(35)37)28-10-11-36(41-23-28)46-15-12-29(40)13-16-46/h6-11,14,17,22-23,27,29H,5,12-13,15-16,18-21,24,40H2,1-4H3,(H,42,48)(H,43,49). The lowest BCUT2D eigenvalue weighted by molar-refractivity contribution is 0.0947. The molecule has 0 bridgehead atoms. The molecule has 1 amide bonds. The summed E-state index contributed by atoms with van der Waals surface area (Å²) in [7, 11) is 0. The van der Waals surface area contributed by atoms with Crippen LogP contribution in [0.25, 0.3) is 27.4 Å². The molecule has 256 valence electrons. The number of carbonyl (C=O) groups is 1. The smallest absolute Gasteiger partial charge is 0.253 e. The first-order valence-electron chi connectivity index (χ1n) is 17.7. The van der Waals surface area contributed by atoms with Crippen LogP contribution in [-0.2, 0) is 6.54 Å². The number of amides is 1. The molecule has 6 heterocycles. The molecule has 1 unspecified atom stereocenters. The average molecular weight is 661 g/mol. The van der Waals surface area contributed by atoms with Gasteiger partial charge in [0.25, 0.3) is 11.5 Å². The van der Waals surface area contributed by atoms with Gasteiger partial charge in [-0.1, -0.05) is 31.2 Å². The number of carbonyl (C=O) groups excluding carboxylic acids is 1. The molecule has 10 nitrogen and oxygen atoms in total. The fourth-order valence-corrected chi connectivity index (χ4v) is 7.81. The lowest BCUT2D eigenvalue weighted by Crippen LogP contribution is -2.47. The Bertz CT molecular complexity index is 2030. The Morgan fingerprint density at radius 1 is 1.02 bits per heavy atom. The summed E-state index contributed by atoms with van der Waals surface area (Å²) in [4.78, 5) is 42.4. The second-order valence-electron chi connectivity index (χ2n) is 13.7. The minimum atomic E-state index is -0.197. The highest BCUT2D eigenvalue weighted by Gasteiger charge is 2.28. The number of piperazine rings is 1. The van der Waals surface area contributed by atoms with E-state index in [0.717, 1.165) is 109 Å². The minimum absolute atomic E-state index is 0.0874. The molecule has 2 fully saturated rings. The van der Waals surface area contributed by atoms with E-state index in [2.05, 4.69) is 74.6 Å². The molecular weight excluding hydrogens is 612 g/mol. The summed E-state index contributed by atoms with van der Waals surface area (Å²) >= 11 is 0. The van der Waals surface area contributed by atoms with Gasteiger partial charge in [0.2, 0.25) is 0 Å². The van der Waals surface area contributed by atoms with Gasteiger partial charge in [-0.2, -0.15) is 0 Å². The highest BCUT2D eigenvalue weighted by molar-refractivity contribution is 5.99. The third-order valence-corrected chi connectivity index (χ3v) is 10.9. The zero-order valence-corrected chi connectivity index (χ0v) is 29.1. The maximum absolute atomic E-state index is 14.2. The number of aryl methyl sites for hydroxylation is 1. The van der Waals surface area contributed by atoms with Gasteiger partial charge in [-0.15, -0.1) is 0 Å². The number of anilines is 1. The van der Waals surface area contributed by atoms with Crippen molar-refractivity contribution < 1.29 is 4.79 Å². The Kier molecular flexibility index (Phi) is 9.28. The number of aromatic amines is 1. The summed E-state index contributed by atoms with van der Waals surface area (Å²) in [5.74, 6) is 0.770. The summed E-state index contributed by atoms with van der Waals surface area (Å²) in [6.07, 6.45) is 6.02. The van der Waals surface area contributed by atoms with Crippen LogP contribution in [0.15, 0.2) is 65.7 Å². The van der Waals surface area contributed by atoms with Crippen LogP contribution in [0.1, 0.15) is 65.6 Å². The van der Waals surface area contributed by atoms with Crippen LogP contribution in [0.4, 0.5) is 5.82 Å². The zero-order valence-electron chi connectivity index (χ0n) is 29.1. The van der Waals surface area contributed by atoms with Gasteiger partial charge in [-0.25, -0.2) is 4.98 Å². The van der Waals surface area contributed by atoms with Crippen LogP contribution in [0, 0.1) is 13.8 Å². The summed E-state index contributed by atoms with van der Waals surface area (Å²) in [5.41, 5.74) is 13.0. The topological polar surface area (TPSA) is 115 Å². The molecule has 2 aliphatic heterocycles. The monoisotopic (exact) mass is 660 g/mol.